The van der Waals surface area contributed by atoms with Gasteiger partial charge in [-0.3, -0.25) is 4.79 Å². The van der Waals surface area contributed by atoms with Crippen LogP contribution in [0.2, 0.25) is 0 Å². The van der Waals surface area contributed by atoms with E-state index < -0.39 is 35.5 Å². The van der Waals surface area contributed by atoms with Gasteiger partial charge in [0.2, 0.25) is 0 Å². The number of nitrogens with one attached hydrogen (secondary N) is 1. The number of amides is 2. The Morgan fingerprint density at radius 2 is 1.88 bits per heavy atom. The van der Waals surface area contributed by atoms with Crippen molar-refractivity contribution >= 4 is 39.8 Å². The summed E-state index contributed by atoms with van der Waals surface area (Å²) in [4.78, 5) is 38.9. The minimum absolute atomic E-state index is 0.125. The molecule has 2 aliphatic rings. The van der Waals surface area contributed by atoms with Crippen LogP contribution < -0.4 is 10.4 Å². The second kappa shape index (κ2) is 16.6. The molecule has 1 unspecified atom stereocenters. The number of hydrogen-bond donors (Lipinski definition) is 1. The van der Waals surface area contributed by atoms with Crippen molar-refractivity contribution in [3.8, 4) is 17.2 Å². The predicted molar refractivity (Wildman–Crippen MR) is 187 cm³/mol. The molecule has 50 heavy (non-hydrogen) atoms. The van der Waals surface area contributed by atoms with Crippen LogP contribution in [-0.2, 0) is 25.7 Å². The number of nitrogens with zero attached hydrogens (tertiary/aromatic N) is 4. The first-order valence-corrected chi connectivity index (χ1v) is 17.3. The molecule has 5 rings (SSSR count). The van der Waals surface area contributed by atoms with Crippen molar-refractivity contribution < 1.29 is 32.7 Å². The van der Waals surface area contributed by atoms with Gasteiger partial charge >= 0.3 is 6.09 Å². The normalized spacial score (nSPS) is 17.0. The molecule has 2 fully saturated rings. The first-order chi connectivity index (χ1) is 23.9. The number of nitriles is 1. The lowest BCUT2D eigenvalue weighted by Crippen LogP contribution is -2.48. The number of ether oxygens (including phenoxy) is 2. The molecule has 3 aromatic rings. The number of benzene rings is 2. The number of hydrogen-bond acceptors (Lipinski definition) is 8. The summed E-state index contributed by atoms with van der Waals surface area (Å²) in [7, 11) is 0. The molecule has 264 valence electrons. The smallest absolute Gasteiger partial charge is 0.410 e. The highest BCUT2D eigenvalue weighted by molar-refractivity contribution is 9.10. The molecule has 0 spiro atoms. The molecule has 2 aromatic carbocycles. The van der Waals surface area contributed by atoms with Crippen LogP contribution in [0.5, 0.6) is 0 Å². The average Bonchev–Trinajstić information content (AvgIpc) is 3.09. The van der Waals surface area contributed by atoms with Gasteiger partial charge in [0.1, 0.15) is 17.5 Å². The second-order valence-electron chi connectivity index (χ2n) is 13.2. The summed E-state index contributed by atoms with van der Waals surface area (Å²) in [6, 6.07) is 13.1. The second-order valence-corrected chi connectivity index (χ2v) is 14.1. The summed E-state index contributed by atoms with van der Waals surface area (Å²) in [5, 5.41) is 9.09. The maximum Gasteiger partial charge on any atom is 0.410 e. The molecule has 10 nitrogen and oxygen atoms in total. The lowest BCUT2D eigenvalue weighted by atomic mass is 10.0. The molecule has 3 heterocycles. The van der Waals surface area contributed by atoms with Gasteiger partial charge in [0, 0.05) is 61.0 Å². The number of pyridine rings is 1. The maximum absolute atomic E-state index is 16.0. The van der Waals surface area contributed by atoms with Gasteiger partial charge in [-0.1, -0.05) is 30.3 Å². The molecule has 1 atom stereocenters. The van der Waals surface area contributed by atoms with E-state index in [4.69, 9.17) is 19.6 Å². The van der Waals surface area contributed by atoms with E-state index in [1.165, 1.54) is 24.4 Å². The van der Waals surface area contributed by atoms with Crippen molar-refractivity contribution in [3.05, 3.63) is 87.5 Å². The van der Waals surface area contributed by atoms with Gasteiger partial charge in [0.05, 0.1) is 5.56 Å². The molecule has 2 saturated heterocycles. The van der Waals surface area contributed by atoms with Crippen LogP contribution in [0.4, 0.5) is 19.4 Å². The Morgan fingerprint density at radius 3 is 2.52 bits per heavy atom. The summed E-state index contributed by atoms with van der Waals surface area (Å²) in [6.07, 6.45) is 7.42. The fourth-order valence-electron chi connectivity index (χ4n) is 5.82. The number of aromatic nitrogens is 1. The number of halogens is 3. The third-order valence-corrected chi connectivity index (χ3v) is 8.96. The van der Waals surface area contributed by atoms with Crippen LogP contribution >= 0.6 is 15.9 Å². The Morgan fingerprint density at radius 1 is 1.14 bits per heavy atom. The lowest BCUT2D eigenvalue weighted by Gasteiger charge is -2.39. The van der Waals surface area contributed by atoms with Gasteiger partial charge in [-0.2, -0.15) is 5.26 Å². The SMILES string of the molecule is CC(C)(C)OC(=O)N(Cc1ccc(/C=C/C(=O)NOC2CCCCO2)cc1)C1CCN(c2ncc(Br)c(-c3ccc(C#N)c(F)c3)c2F)CC1. The number of anilines is 1. The molecule has 0 saturated carbocycles. The zero-order chi connectivity index (χ0) is 35.8. The van der Waals surface area contributed by atoms with Gasteiger partial charge in [0.25, 0.3) is 5.91 Å². The van der Waals surface area contributed by atoms with Crippen LogP contribution in [-0.4, -0.2) is 59.5 Å². The highest BCUT2D eigenvalue weighted by atomic mass is 79.9. The monoisotopic (exact) mass is 751 g/mol. The minimum atomic E-state index is -0.734. The molecular formula is C37H40BrF2N5O5. The zero-order valence-electron chi connectivity index (χ0n) is 28.3. The fraction of sp³-hybridized carbons (Fsp3) is 0.405. The van der Waals surface area contributed by atoms with E-state index in [9.17, 15) is 14.0 Å². The summed E-state index contributed by atoms with van der Waals surface area (Å²) in [5.41, 5.74) is 3.67. The lowest BCUT2D eigenvalue weighted by molar-refractivity contribution is -0.198. The fourth-order valence-corrected chi connectivity index (χ4v) is 6.32. The van der Waals surface area contributed by atoms with Crippen LogP contribution in [0.3, 0.4) is 0 Å². The molecular weight excluding hydrogens is 712 g/mol. The van der Waals surface area contributed by atoms with E-state index in [2.05, 4.69) is 26.4 Å². The molecule has 13 heteroatoms. The average molecular weight is 753 g/mol. The summed E-state index contributed by atoms with van der Waals surface area (Å²) in [6.45, 7) is 7.18. The molecule has 0 bridgehead atoms. The Balaban J connectivity index is 1.25. The highest BCUT2D eigenvalue weighted by Crippen LogP contribution is 2.36. The van der Waals surface area contributed by atoms with Crippen molar-refractivity contribution in [3.63, 3.8) is 0 Å². The van der Waals surface area contributed by atoms with E-state index in [-0.39, 0.29) is 28.6 Å². The van der Waals surface area contributed by atoms with Gasteiger partial charge in [-0.25, -0.2) is 28.9 Å². The summed E-state index contributed by atoms with van der Waals surface area (Å²) in [5.74, 6) is -1.62. The molecule has 1 N–H and O–H groups in total. The molecule has 1 aromatic heterocycles. The number of rotatable bonds is 9. The molecule has 0 aliphatic carbocycles. The number of piperidine rings is 1. The van der Waals surface area contributed by atoms with Crippen LogP contribution in [0, 0.1) is 23.0 Å². The van der Waals surface area contributed by atoms with E-state index in [1.807, 2.05) is 49.9 Å². The Kier molecular flexibility index (Phi) is 12.2. The Bertz CT molecular complexity index is 1740. The number of carbonyl (C=O) groups is 2. The van der Waals surface area contributed by atoms with Crippen LogP contribution in [0.25, 0.3) is 17.2 Å². The summed E-state index contributed by atoms with van der Waals surface area (Å²) >= 11 is 3.34. The standard InChI is InChI=1S/C37H40BrF2N5O5/c1-37(2,3)49-36(47)45(23-25-9-7-24(8-10-25)11-14-31(46)43-50-32-6-4-5-19-48-32)28-15-17-44(18-16-28)35-34(40)33(29(38)22-42-35)26-12-13-27(21-41)30(39)20-26/h7-14,20,22,28,32H,4-6,15-19,23H2,1-3H3,(H,43,46)/b14-11+. The van der Waals surface area contributed by atoms with Gasteiger partial charge < -0.3 is 19.3 Å². The minimum Gasteiger partial charge on any atom is -0.444 e. The predicted octanol–water partition coefficient (Wildman–Crippen LogP) is 7.65. The number of hydroxylamine groups is 1. The van der Waals surface area contributed by atoms with Gasteiger partial charge in [0.15, 0.2) is 17.9 Å². The summed E-state index contributed by atoms with van der Waals surface area (Å²) < 4.78 is 42.0. The molecule has 0 radical (unpaired) electrons. The third kappa shape index (κ3) is 9.65. The van der Waals surface area contributed by atoms with Crippen molar-refractivity contribution in [1.29, 1.82) is 5.26 Å². The molecule has 2 amide bonds. The first kappa shape index (κ1) is 36.9. The quantitative estimate of drug-likeness (QED) is 0.175. The van der Waals surface area contributed by atoms with Crippen molar-refractivity contribution in [2.75, 3.05) is 24.6 Å². The van der Waals surface area contributed by atoms with E-state index in [1.54, 1.807) is 17.0 Å². The van der Waals surface area contributed by atoms with Crippen molar-refractivity contribution in [2.45, 2.75) is 77.4 Å². The first-order valence-electron chi connectivity index (χ1n) is 16.5. The van der Waals surface area contributed by atoms with Crippen LogP contribution in [0.15, 0.2) is 59.2 Å². The van der Waals surface area contributed by atoms with Gasteiger partial charge in [-0.15, -0.1) is 0 Å². The topological polar surface area (TPSA) is 117 Å². The Labute approximate surface area is 299 Å². The van der Waals surface area contributed by atoms with Gasteiger partial charge in [-0.05, 0) is 97.3 Å². The van der Waals surface area contributed by atoms with Crippen molar-refractivity contribution in [2.24, 2.45) is 0 Å². The highest BCUT2D eigenvalue weighted by Gasteiger charge is 2.33. The largest absolute Gasteiger partial charge is 0.444 e. The maximum atomic E-state index is 16.0. The van der Waals surface area contributed by atoms with E-state index >= 15 is 4.39 Å². The zero-order valence-corrected chi connectivity index (χ0v) is 29.8. The number of carbonyl (C=O) groups excluding carboxylic acids is 2. The van der Waals surface area contributed by atoms with E-state index in [0.717, 1.165) is 36.5 Å². The van der Waals surface area contributed by atoms with Crippen molar-refractivity contribution in [1.82, 2.24) is 15.4 Å². The Hall–Kier alpha value is -4.38. The molecule has 2 aliphatic heterocycles. The third-order valence-electron chi connectivity index (χ3n) is 8.35. The van der Waals surface area contributed by atoms with E-state index in [0.29, 0.717) is 43.6 Å². The van der Waals surface area contributed by atoms with Crippen LogP contribution in [0.1, 0.15) is 69.6 Å².